The molecule has 1 atom stereocenters. The number of primary amides is 1. The molecule has 2 aromatic rings. The summed E-state index contributed by atoms with van der Waals surface area (Å²) >= 11 is 11.8. The van der Waals surface area contributed by atoms with Crippen LogP contribution in [0.2, 0.25) is 10.0 Å². The lowest BCUT2D eigenvalue weighted by atomic mass is 10.0. The van der Waals surface area contributed by atoms with E-state index in [0.29, 0.717) is 30.7 Å². The summed E-state index contributed by atoms with van der Waals surface area (Å²) in [6.45, 7) is 4.22. The van der Waals surface area contributed by atoms with E-state index < -0.39 is 27.8 Å². The van der Waals surface area contributed by atoms with Crippen molar-refractivity contribution in [3.8, 4) is 0 Å². The normalized spacial score (nSPS) is 12.5. The molecule has 36 heavy (non-hydrogen) atoms. The average molecular weight is 561 g/mol. The van der Waals surface area contributed by atoms with Gasteiger partial charge in [-0.05, 0) is 67.5 Å². The highest BCUT2D eigenvalue weighted by molar-refractivity contribution is 7.89. The Balaban J connectivity index is 2.00. The lowest BCUT2D eigenvalue weighted by molar-refractivity contribution is -0.140. The SMILES string of the molecule is CC(C)C[C@@H](C(N)=O)N(CCCCNS(=O)(=O)c1ccc(F)cc1Cl)C(=O)CCc1ccc(Cl)cc1. The van der Waals surface area contributed by atoms with Crippen LogP contribution in [0, 0.1) is 11.7 Å². The molecule has 0 aliphatic heterocycles. The molecular formula is C25H32Cl2FN3O4S. The van der Waals surface area contributed by atoms with Crippen LogP contribution in [-0.4, -0.2) is 44.3 Å². The van der Waals surface area contributed by atoms with Crippen LogP contribution in [0.4, 0.5) is 4.39 Å². The van der Waals surface area contributed by atoms with Gasteiger partial charge in [0.1, 0.15) is 16.8 Å². The van der Waals surface area contributed by atoms with Crippen LogP contribution in [-0.2, 0) is 26.0 Å². The molecule has 0 radical (unpaired) electrons. The number of benzene rings is 2. The van der Waals surface area contributed by atoms with Crippen molar-refractivity contribution in [2.45, 2.75) is 56.9 Å². The van der Waals surface area contributed by atoms with Gasteiger partial charge in [-0.2, -0.15) is 0 Å². The Hall–Kier alpha value is -2.20. The first-order valence-corrected chi connectivity index (χ1v) is 13.9. The number of nitrogens with zero attached hydrogens (tertiary/aromatic N) is 1. The number of halogens is 3. The van der Waals surface area contributed by atoms with E-state index in [2.05, 4.69) is 4.72 Å². The first-order valence-electron chi connectivity index (χ1n) is 11.7. The lowest BCUT2D eigenvalue weighted by Crippen LogP contribution is -2.49. The summed E-state index contributed by atoms with van der Waals surface area (Å²) in [5.74, 6) is -1.27. The quantitative estimate of drug-likeness (QED) is 0.331. The van der Waals surface area contributed by atoms with Crippen LogP contribution in [0.15, 0.2) is 47.4 Å². The van der Waals surface area contributed by atoms with Crippen molar-refractivity contribution >= 4 is 45.0 Å². The van der Waals surface area contributed by atoms with E-state index >= 15 is 0 Å². The van der Waals surface area contributed by atoms with Gasteiger partial charge < -0.3 is 10.6 Å². The van der Waals surface area contributed by atoms with Crippen molar-refractivity contribution in [3.63, 3.8) is 0 Å². The average Bonchev–Trinajstić information content (AvgIpc) is 2.79. The molecule has 7 nitrogen and oxygen atoms in total. The third-order valence-corrected chi connectivity index (χ3v) is 7.76. The summed E-state index contributed by atoms with van der Waals surface area (Å²) in [5, 5.41) is 0.396. The van der Waals surface area contributed by atoms with E-state index in [1.807, 2.05) is 26.0 Å². The zero-order valence-electron chi connectivity index (χ0n) is 20.3. The fraction of sp³-hybridized carbons (Fsp3) is 0.440. The van der Waals surface area contributed by atoms with Gasteiger partial charge in [0.2, 0.25) is 21.8 Å². The summed E-state index contributed by atoms with van der Waals surface area (Å²) in [6.07, 6.45) is 1.94. The zero-order valence-corrected chi connectivity index (χ0v) is 22.7. The zero-order chi connectivity index (χ0) is 26.9. The van der Waals surface area contributed by atoms with E-state index in [0.717, 1.165) is 23.8 Å². The first-order chi connectivity index (χ1) is 16.9. The summed E-state index contributed by atoms with van der Waals surface area (Å²) in [7, 11) is -3.93. The van der Waals surface area contributed by atoms with Crippen molar-refractivity contribution in [2.75, 3.05) is 13.1 Å². The van der Waals surface area contributed by atoms with E-state index in [1.54, 1.807) is 12.1 Å². The number of hydrogen-bond acceptors (Lipinski definition) is 4. The van der Waals surface area contributed by atoms with Gasteiger partial charge in [-0.1, -0.05) is 49.2 Å². The molecule has 0 spiro atoms. The molecule has 0 aliphatic rings. The third-order valence-electron chi connectivity index (χ3n) is 5.56. The molecule has 0 saturated heterocycles. The molecule has 2 amide bonds. The maximum atomic E-state index is 13.2. The molecule has 0 fully saturated rings. The van der Waals surface area contributed by atoms with Gasteiger partial charge in [-0.3, -0.25) is 9.59 Å². The molecule has 2 aromatic carbocycles. The molecule has 0 aliphatic carbocycles. The van der Waals surface area contributed by atoms with Gasteiger partial charge in [0.05, 0.1) is 5.02 Å². The largest absolute Gasteiger partial charge is 0.368 e. The second kappa shape index (κ2) is 13.9. The second-order valence-electron chi connectivity index (χ2n) is 8.94. The number of unbranched alkanes of at least 4 members (excludes halogenated alkanes) is 1. The number of nitrogens with two attached hydrogens (primary N) is 1. The minimum atomic E-state index is -3.93. The predicted octanol–water partition coefficient (Wildman–Crippen LogP) is 4.55. The number of amides is 2. The molecule has 0 bridgehead atoms. The topological polar surface area (TPSA) is 110 Å². The second-order valence-corrected chi connectivity index (χ2v) is 11.5. The number of carbonyl (C=O) groups is 2. The number of nitrogens with one attached hydrogen (secondary N) is 1. The van der Waals surface area contributed by atoms with Gasteiger partial charge in [0.15, 0.2) is 0 Å². The summed E-state index contributed by atoms with van der Waals surface area (Å²) in [6, 6.07) is 9.50. The monoisotopic (exact) mass is 559 g/mol. The molecule has 11 heteroatoms. The Bertz CT molecular complexity index is 1140. The standard InChI is InChI=1S/C25H32Cl2FN3O4S/c1-17(2)15-22(25(29)33)31(24(32)12-7-18-5-8-19(26)9-6-18)14-4-3-13-30-36(34,35)23-11-10-20(28)16-21(23)27/h5-6,8-11,16-17,22,30H,3-4,7,12-15H2,1-2H3,(H2,29,33)/t22-/m0/s1. The van der Waals surface area contributed by atoms with Crippen LogP contribution in [0.1, 0.15) is 45.1 Å². The van der Waals surface area contributed by atoms with Crippen molar-refractivity contribution in [1.82, 2.24) is 9.62 Å². The fourth-order valence-corrected chi connectivity index (χ4v) is 5.46. The molecule has 0 aromatic heterocycles. The van der Waals surface area contributed by atoms with Gasteiger partial charge in [0, 0.05) is 24.5 Å². The summed E-state index contributed by atoms with van der Waals surface area (Å²) in [5.41, 5.74) is 6.59. The maximum Gasteiger partial charge on any atom is 0.242 e. The molecule has 3 N–H and O–H groups in total. The smallest absolute Gasteiger partial charge is 0.242 e. The van der Waals surface area contributed by atoms with Crippen LogP contribution in [0.5, 0.6) is 0 Å². The number of sulfonamides is 1. The fourth-order valence-electron chi connectivity index (χ4n) is 3.73. The molecule has 0 heterocycles. The van der Waals surface area contributed by atoms with Crippen molar-refractivity contribution in [1.29, 1.82) is 0 Å². The Morgan fingerprint density at radius 2 is 1.75 bits per heavy atom. The van der Waals surface area contributed by atoms with Gasteiger partial charge in [0.25, 0.3) is 0 Å². The Morgan fingerprint density at radius 1 is 1.08 bits per heavy atom. The van der Waals surface area contributed by atoms with E-state index in [9.17, 15) is 22.4 Å². The summed E-state index contributed by atoms with van der Waals surface area (Å²) < 4.78 is 40.6. The number of hydrogen-bond donors (Lipinski definition) is 2. The minimum absolute atomic E-state index is 0.0776. The van der Waals surface area contributed by atoms with E-state index in [4.69, 9.17) is 28.9 Å². The highest BCUT2D eigenvalue weighted by atomic mass is 35.5. The highest BCUT2D eigenvalue weighted by Gasteiger charge is 2.28. The van der Waals surface area contributed by atoms with Crippen molar-refractivity contribution < 1.29 is 22.4 Å². The number of rotatable bonds is 14. The van der Waals surface area contributed by atoms with Crippen LogP contribution >= 0.6 is 23.2 Å². The predicted molar refractivity (Wildman–Crippen MR) is 140 cm³/mol. The summed E-state index contributed by atoms with van der Waals surface area (Å²) in [4.78, 5) is 26.6. The van der Waals surface area contributed by atoms with Crippen LogP contribution in [0.3, 0.4) is 0 Å². The third kappa shape index (κ3) is 9.35. The molecule has 0 unspecified atom stereocenters. The Kier molecular flexibility index (Phi) is 11.6. The number of aryl methyl sites for hydroxylation is 1. The van der Waals surface area contributed by atoms with Crippen LogP contribution in [0.25, 0.3) is 0 Å². The molecular weight excluding hydrogens is 528 g/mol. The number of carbonyl (C=O) groups excluding carboxylic acids is 2. The van der Waals surface area contributed by atoms with E-state index in [-0.39, 0.29) is 41.3 Å². The Labute approximate surface area is 222 Å². The van der Waals surface area contributed by atoms with Crippen molar-refractivity contribution in [2.24, 2.45) is 11.7 Å². The van der Waals surface area contributed by atoms with E-state index in [1.165, 1.54) is 4.90 Å². The Morgan fingerprint density at radius 3 is 2.33 bits per heavy atom. The molecule has 0 saturated carbocycles. The molecule has 2 rings (SSSR count). The highest BCUT2D eigenvalue weighted by Crippen LogP contribution is 2.22. The first kappa shape index (κ1) is 30.0. The van der Waals surface area contributed by atoms with Gasteiger partial charge in [-0.25, -0.2) is 17.5 Å². The van der Waals surface area contributed by atoms with Gasteiger partial charge in [-0.15, -0.1) is 0 Å². The maximum absolute atomic E-state index is 13.2. The lowest BCUT2D eigenvalue weighted by Gasteiger charge is -2.31. The van der Waals surface area contributed by atoms with Crippen LogP contribution < -0.4 is 10.5 Å². The minimum Gasteiger partial charge on any atom is -0.368 e. The van der Waals surface area contributed by atoms with Gasteiger partial charge >= 0.3 is 0 Å². The molecule has 198 valence electrons. The van der Waals surface area contributed by atoms with Crippen molar-refractivity contribution in [3.05, 3.63) is 63.9 Å².